The van der Waals surface area contributed by atoms with Gasteiger partial charge >= 0.3 is 5.97 Å². The van der Waals surface area contributed by atoms with Gasteiger partial charge in [0.25, 0.3) is 0 Å². The lowest BCUT2D eigenvalue weighted by Crippen LogP contribution is -2.61. The fraction of sp³-hybridized carbons (Fsp3) is 0.810. The van der Waals surface area contributed by atoms with Gasteiger partial charge in [-0.05, 0) is 77.0 Å². The van der Waals surface area contributed by atoms with Crippen molar-refractivity contribution < 1.29 is 69.0 Å². The van der Waals surface area contributed by atoms with Crippen LogP contribution in [0.25, 0.3) is 0 Å². The molecule has 0 aromatic heterocycles. The Kier molecular flexibility index (Phi) is 41.1. The average molecular weight is 1020 g/mol. The van der Waals surface area contributed by atoms with E-state index in [1.807, 2.05) is 0 Å². The van der Waals surface area contributed by atoms with E-state index in [0.717, 1.165) is 83.5 Å². The number of hydrogen-bond donors (Lipinski definition) is 7. The molecule has 2 saturated heterocycles. The van der Waals surface area contributed by atoms with E-state index in [-0.39, 0.29) is 19.6 Å². The van der Waals surface area contributed by atoms with Crippen LogP contribution in [-0.4, -0.2) is 142 Å². The van der Waals surface area contributed by atoms with Crippen LogP contribution >= 0.6 is 0 Å². The average Bonchev–Trinajstić information content (AvgIpc) is 3.38. The quantitative estimate of drug-likeness (QED) is 0.0172. The number of aliphatic hydroxyl groups is 7. The second-order valence-corrected chi connectivity index (χ2v) is 19.7. The molecule has 0 saturated carbocycles. The first-order chi connectivity index (χ1) is 35.1. The van der Waals surface area contributed by atoms with Crippen molar-refractivity contribution in [3.63, 3.8) is 0 Å². The fourth-order valence-corrected chi connectivity index (χ4v) is 8.68. The van der Waals surface area contributed by atoms with E-state index in [1.165, 1.54) is 89.9 Å². The third-order valence-corrected chi connectivity index (χ3v) is 13.3. The molecule has 2 aliphatic rings. The predicted octanol–water partition coefficient (Wildman–Crippen LogP) is 9.69. The Morgan fingerprint density at radius 3 is 1.43 bits per heavy atom. The van der Waals surface area contributed by atoms with Gasteiger partial charge in [-0.1, -0.05) is 177 Å². The van der Waals surface area contributed by atoms with Crippen LogP contribution in [0.1, 0.15) is 200 Å². The summed E-state index contributed by atoms with van der Waals surface area (Å²) in [5.74, 6) is -0.391. The summed E-state index contributed by atoms with van der Waals surface area (Å²) in [5, 5.41) is 72.3. The van der Waals surface area contributed by atoms with E-state index in [4.69, 9.17) is 28.4 Å². The summed E-state index contributed by atoms with van der Waals surface area (Å²) in [6.45, 7) is 3.56. The largest absolute Gasteiger partial charge is 0.457 e. The molecule has 2 rings (SSSR count). The Hall–Kier alpha value is -2.31. The first-order valence-corrected chi connectivity index (χ1v) is 28.4. The van der Waals surface area contributed by atoms with Gasteiger partial charge < -0.3 is 64.2 Å². The highest BCUT2D eigenvalue weighted by Crippen LogP contribution is 2.26. The van der Waals surface area contributed by atoms with Gasteiger partial charge in [-0.2, -0.15) is 0 Å². The zero-order valence-electron chi connectivity index (χ0n) is 44.7. The summed E-state index contributed by atoms with van der Waals surface area (Å²) in [6.07, 6.45) is 38.5. The van der Waals surface area contributed by atoms with Crippen molar-refractivity contribution in [2.45, 2.75) is 268 Å². The highest BCUT2D eigenvalue weighted by atomic mass is 16.7. The van der Waals surface area contributed by atoms with Crippen LogP contribution in [0.15, 0.2) is 60.8 Å². The SMILES string of the molecule is CC/C=C\C/C=C\C/C=C\C/C=C\CCCCCCCCC(=O)OC(COCCCCCCCCCC/C=C\CCCCCCCCC)COC1OC(COC2OC(CO)C(O)C(O)C2O)C(O)C(O)C1O. The monoisotopic (exact) mass is 1020 g/mol. The van der Waals surface area contributed by atoms with Crippen molar-refractivity contribution in [3.8, 4) is 0 Å². The third kappa shape index (κ3) is 31.5. The van der Waals surface area contributed by atoms with E-state index in [0.29, 0.717) is 13.0 Å². The zero-order valence-corrected chi connectivity index (χ0v) is 44.7. The van der Waals surface area contributed by atoms with Crippen LogP contribution in [0.3, 0.4) is 0 Å². The predicted molar refractivity (Wildman–Crippen MR) is 284 cm³/mol. The van der Waals surface area contributed by atoms with Gasteiger partial charge in [-0.3, -0.25) is 4.79 Å². The lowest BCUT2D eigenvalue weighted by atomic mass is 9.98. The second kappa shape index (κ2) is 44.9. The lowest BCUT2D eigenvalue weighted by Gasteiger charge is -2.42. The van der Waals surface area contributed by atoms with Crippen molar-refractivity contribution in [1.29, 1.82) is 0 Å². The molecule has 0 aromatic rings. The van der Waals surface area contributed by atoms with Crippen LogP contribution in [0.4, 0.5) is 0 Å². The Morgan fingerprint density at radius 2 is 0.903 bits per heavy atom. The minimum absolute atomic E-state index is 0.0517. The van der Waals surface area contributed by atoms with Gasteiger partial charge in [-0.25, -0.2) is 0 Å². The van der Waals surface area contributed by atoms with E-state index in [2.05, 4.69) is 74.6 Å². The molecule has 0 aliphatic carbocycles. The Bertz CT molecular complexity index is 1420. The summed E-state index contributed by atoms with van der Waals surface area (Å²) < 4.78 is 34.4. The van der Waals surface area contributed by atoms with Crippen LogP contribution in [0.2, 0.25) is 0 Å². The van der Waals surface area contributed by atoms with Gasteiger partial charge in [-0.15, -0.1) is 0 Å². The summed E-state index contributed by atoms with van der Waals surface area (Å²) in [7, 11) is 0. The number of carbonyl (C=O) groups excluding carboxylic acids is 1. The van der Waals surface area contributed by atoms with Crippen molar-refractivity contribution in [2.75, 3.05) is 33.0 Å². The number of carbonyl (C=O) groups is 1. The van der Waals surface area contributed by atoms with Gasteiger partial charge in [0, 0.05) is 13.0 Å². The number of allylic oxidation sites excluding steroid dienone is 10. The molecule has 7 N–H and O–H groups in total. The number of rotatable bonds is 45. The van der Waals surface area contributed by atoms with Gasteiger partial charge in [0.05, 0.1) is 26.4 Å². The molecule has 0 radical (unpaired) electrons. The zero-order chi connectivity index (χ0) is 52.3. The van der Waals surface area contributed by atoms with Crippen molar-refractivity contribution in [3.05, 3.63) is 60.8 Å². The molecule has 14 nitrogen and oxygen atoms in total. The molecule has 72 heavy (non-hydrogen) atoms. The summed E-state index contributed by atoms with van der Waals surface area (Å²) >= 11 is 0. The number of aliphatic hydroxyl groups excluding tert-OH is 7. The van der Waals surface area contributed by atoms with Crippen molar-refractivity contribution in [1.82, 2.24) is 0 Å². The van der Waals surface area contributed by atoms with Crippen molar-refractivity contribution in [2.24, 2.45) is 0 Å². The molecule has 2 fully saturated rings. The Balaban J connectivity index is 1.74. The molecule has 418 valence electrons. The molecule has 0 amide bonds. The van der Waals surface area contributed by atoms with Gasteiger partial charge in [0.15, 0.2) is 12.6 Å². The molecular weight excluding hydrogens is 921 g/mol. The van der Waals surface area contributed by atoms with Gasteiger partial charge in [0.2, 0.25) is 0 Å². The van der Waals surface area contributed by atoms with E-state index < -0.39 is 86.7 Å². The minimum atomic E-state index is -1.71. The third-order valence-electron chi connectivity index (χ3n) is 13.3. The van der Waals surface area contributed by atoms with Gasteiger partial charge in [0.1, 0.15) is 54.9 Å². The summed E-state index contributed by atoms with van der Waals surface area (Å²) in [5.41, 5.74) is 0. The Morgan fingerprint density at radius 1 is 0.472 bits per heavy atom. The number of ether oxygens (including phenoxy) is 6. The Labute approximate surface area is 434 Å². The summed E-state index contributed by atoms with van der Waals surface area (Å²) in [4.78, 5) is 13.1. The maximum atomic E-state index is 13.1. The molecule has 2 aliphatic heterocycles. The highest BCUT2D eigenvalue weighted by Gasteiger charge is 2.47. The van der Waals surface area contributed by atoms with Crippen LogP contribution in [0.5, 0.6) is 0 Å². The molecular formula is C58H102O14. The van der Waals surface area contributed by atoms with Crippen LogP contribution in [-0.2, 0) is 33.2 Å². The number of hydrogen-bond acceptors (Lipinski definition) is 14. The first kappa shape index (κ1) is 65.8. The minimum Gasteiger partial charge on any atom is -0.457 e. The molecule has 14 heteroatoms. The van der Waals surface area contributed by atoms with E-state index in [1.54, 1.807) is 0 Å². The van der Waals surface area contributed by atoms with E-state index in [9.17, 15) is 40.5 Å². The standard InChI is InChI=1S/C58H102O14/c1-3-5-7-9-11-13-15-17-19-21-23-25-27-29-31-33-35-37-39-41-50(60)70-47(44-67-42-40-38-36-34-32-30-28-26-24-22-20-18-16-14-12-10-8-6-4-2)45-68-57-56(66)54(64)52(62)49(72-57)46-69-58-55(65)53(63)51(61)48(43-59)71-58/h5,7,11,13,17,19-20,22-23,25,47-49,51-59,61-66H,3-4,6,8-10,12,14-16,18,21,24,26-46H2,1-2H3/b7-5-,13-11-,19-17-,22-20-,25-23-. The van der Waals surface area contributed by atoms with E-state index >= 15 is 0 Å². The molecule has 11 unspecified atom stereocenters. The molecule has 11 atom stereocenters. The molecule has 0 aromatic carbocycles. The lowest BCUT2D eigenvalue weighted by molar-refractivity contribution is -0.332. The highest BCUT2D eigenvalue weighted by molar-refractivity contribution is 5.69. The van der Waals surface area contributed by atoms with Crippen molar-refractivity contribution >= 4 is 5.97 Å². The fourth-order valence-electron chi connectivity index (χ4n) is 8.68. The first-order valence-electron chi connectivity index (χ1n) is 28.4. The maximum absolute atomic E-state index is 13.1. The molecule has 0 bridgehead atoms. The normalized spacial score (nSPS) is 25.6. The van der Waals surface area contributed by atoms with Crippen LogP contribution in [0, 0.1) is 0 Å². The summed E-state index contributed by atoms with van der Waals surface area (Å²) in [6, 6.07) is 0. The number of unbranched alkanes of at least 4 members (excludes halogenated alkanes) is 21. The topological polar surface area (TPSA) is 214 Å². The maximum Gasteiger partial charge on any atom is 0.306 e. The molecule has 0 spiro atoms. The second-order valence-electron chi connectivity index (χ2n) is 19.7. The number of esters is 1. The molecule has 2 heterocycles. The van der Waals surface area contributed by atoms with Crippen LogP contribution < -0.4 is 0 Å². The smallest absolute Gasteiger partial charge is 0.306 e.